The summed E-state index contributed by atoms with van der Waals surface area (Å²) in [4.78, 5) is 42.2. The first-order chi connectivity index (χ1) is 20.8. The lowest BCUT2D eigenvalue weighted by molar-refractivity contribution is -0.142. The number of nitrogens with one attached hydrogen (secondary N) is 1. The molecular formula is C33H46FN3O6. The zero-order chi connectivity index (χ0) is 30.5. The van der Waals surface area contributed by atoms with Gasteiger partial charge in [0.05, 0.1) is 6.10 Å². The molecule has 0 bridgehead atoms. The average molecular weight is 600 g/mol. The lowest BCUT2D eigenvalue weighted by Crippen LogP contribution is -2.50. The molecule has 1 saturated heterocycles. The summed E-state index contributed by atoms with van der Waals surface area (Å²) in [5.74, 6) is -0.143. The quantitative estimate of drug-likeness (QED) is 0.348. The first-order valence-corrected chi connectivity index (χ1v) is 16.0. The first kappa shape index (κ1) is 31.4. The number of methoxy groups -OCH3 is 1. The second kappa shape index (κ2) is 14.2. The molecule has 2 aromatic rings. The molecule has 0 unspecified atom stereocenters. The lowest BCUT2D eigenvalue weighted by Gasteiger charge is -2.36. The van der Waals surface area contributed by atoms with Crippen LogP contribution >= 0.6 is 0 Å². The molecule has 0 radical (unpaired) electrons. The second-order valence-electron chi connectivity index (χ2n) is 12.8. The van der Waals surface area contributed by atoms with Crippen LogP contribution in [0.2, 0.25) is 0 Å². The summed E-state index contributed by atoms with van der Waals surface area (Å²) in [6.07, 6.45) is 9.16. The fourth-order valence-electron chi connectivity index (χ4n) is 7.38. The molecule has 1 aromatic carbocycles. The van der Waals surface area contributed by atoms with E-state index in [2.05, 4.69) is 5.32 Å². The van der Waals surface area contributed by atoms with E-state index in [1.807, 2.05) is 4.90 Å². The molecule has 3 N–H and O–H groups in total. The maximum atomic E-state index is 14.0. The van der Waals surface area contributed by atoms with Crippen molar-refractivity contribution in [2.24, 2.45) is 29.4 Å². The van der Waals surface area contributed by atoms with Crippen molar-refractivity contribution in [3.63, 3.8) is 0 Å². The fraction of sp³-hybridized carbons (Fsp3) is 0.667. The van der Waals surface area contributed by atoms with Crippen LogP contribution in [0.4, 0.5) is 10.1 Å². The van der Waals surface area contributed by atoms with Gasteiger partial charge in [-0.3, -0.25) is 9.59 Å². The van der Waals surface area contributed by atoms with E-state index in [-0.39, 0.29) is 48.0 Å². The number of esters is 1. The number of carbonyl (C=O) groups is 3. The Morgan fingerprint density at radius 3 is 2.51 bits per heavy atom. The highest BCUT2D eigenvalue weighted by atomic mass is 19.1. The van der Waals surface area contributed by atoms with Crippen molar-refractivity contribution >= 4 is 34.4 Å². The van der Waals surface area contributed by atoms with Gasteiger partial charge in [-0.25, -0.2) is 9.18 Å². The predicted molar refractivity (Wildman–Crippen MR) is 161 cm³/mol. The van der Waals surface area contributed by atoms with Crippen LogP contribution in [0.5, 0.6) is 0 Å². The molecule has 2 saturated carbocycles. The Kier molecular flexibility index (Phi) is 10.4. The highest BCUT2D eigenvalue weighted by Gasteiger charge is 2.47. The Balaban J connectivity index is 1.30. The largest absolute Gasteiger partial charge is 0.457 e. The number of halogens is 1. The van der Waals surface area contributed by atoms with Crippen molar-refractivity contribution in [1.29, 1.82) is 0 Å². The molecule has 3 fully saturated rings. The number of amides is 2. The van der Waals surface area contributed by atoms with E-state index < -0.39 is 24.7 Å². The molecule has 9 nitrogen and oxygen atoms in total. The van der Waals surface area contributed by atoms with Crippen LogP contribution in [-0.2, 0) is 19.1 Å². The number of likely N-dealkylation sites (tertiary alicyclic amines) is 1. The molecule has 236 valence electrons. The number of nitrogens with zero attached hydrogens (tertiary/aromatic N) is 1. The lowest BCUT2D eigenvalue weighted by atomic mass is 9.76. The van der Waals surface area contributed by atoms with Crippen LogP contribution in [-0.4, -0.2) is 67.8 Å². The third-order valence-electron chi connectivity index (χ3n) is 9.99. The highest BCUT2D eigenvalue weighted by molar-refractivity contribution is 6.00. The molecule has 0 spiro atoms. The molecule has 43 heavy (non-hydrogen) atoms. The molecular weight excluding hydrogens is 553 g/mol. The minimum Gasteiger partial charge on any atom is -0.457 e. The van der Waals surface area contributed by atoms with Crippen LogP contribution < -0.4 is 11.1 Å². The summed E-state index contributed by atoms with van der Waals surface area (Å²) in [5.41, 5.74) is 7.03. The molecule has 5 rings (SSSR count). The Bertz CT molecular complexity index is 1270. The van der Waals surface area contributed by atoms with Crippen molar-refractivity contribution in [1.82, 2.24) is 4.90 Å². The topological polar surface area (TPSA) is 124 Å². The molecule has 2 heterocycles. The van der Waals surface area contributed by atoms with Crippen molar-refractivity contribution in [2.75, 3.05) is 32.3 Å². The summed E-state index contributed by atoms with van der Waals surface area (Å²) in [6.45, 7) is 1.95. The average Bonchev–Trinajstić information content (AvgIpc) is 3.68. The molecule has 2 amide bonds. The predicted octanol–water partition coefficient (Wildman–Crippen LogP) is 5.46. The van der Waals surface area contributed by atoms with Gasteiger partial charge < -0.3 is 29.8 Å². The van der Waals surface area contributed by atoms with E-state index in [9.17, 15) is 18.8 Å². The second-order valence-corrected chi connectivity index (χ2v) is 12.8. The van der Waals surface area contributed by atoms with E-state index in [0.717, 1.165) is 44.9 Å². The van der Waals surface area contributed by atoms with Crippen LogP contribution in [0.15, 0.2) is 28.7 Å². The van der Waals surface area contributed by atoms with E-state index in [4.69, 9.17) is 19.6 Å². The smallest absolute Gasteiger partial charge is 0.374 e. The molecule has 10 heteroatoms. The summed E-state index contributed by atoms with van der Waals surface area (Å²) in [6, 6.07) is 5.85. The summed E-state index contributed by atoms with van der Waals surface area (Å²) >= 11 is 0. The van der Waals surface area contributed by atoms with Gasteiger partial charge in [0.2, 0.25) is 17.6 Å². The molecule has 2 aliphatic carbocycles. The van der Waals surface area contributed by atoms with Gasteiger partial charge in [-0.15, -0.1) is 0 Å². The molecule has 1 aliphatic heterocycles. The van der Waals surface area contributed by atoms with E-state index in [0.29, 0.717) is 42.0 Å². The number of carbonyl (C=O) groups excluding carboxylic acids is 3. The molecule has 4 atom stereocenters. The number of alkyl halides is 1. The number of fused-ring (bicyclic) bond motifs is 1. The molecule has 1 aromatic heterocycles. The van der Waals surface area contributed by atoms with Crippen LogP contribution in [0.3, 0.4) is 0 Å². The third kappa shape index (κ3) is 7.23. The monoisotopic (exact) mass is 599 g/mol. The molecule has 3 aliphatic rings. The van der Waals surface area contributed by atoms with E-state index in [1.165, 1.54) is 6.42 Å². The Morgan fingerprint density at radius 1 is 1.07 bits per heavy atom. The van der Waals surface area contributed by atoms with Crippen molar-refractivity contribution in [3.8, 4) is 0 Å². The summed E-state index contributed by atoms with van der Waals surface area (Å²) in [5, 5.41) is 3.75. The maximum absolute atomic E-state index is 14.0. The summed E-state index contributed by atoms with van der Waals surface area (Å²) in [7, 11) is 1.55. The summed E-state index contributed by atoms with van der Waals surface area (Å²) < 4.78 is 29.2. The zero-order valence-electron chi connectivity index (χ0n) is 25.4. The number of furan rings is 1. The number of benzene rings is 1. The van der Waals surface area contributed by atoms with E-state index >= 15 is 0 Å². The van der Waals surface area contributed by atoms with Crippen molar-refractivity contribution < 1.29 is 32.7 Å². The van der Waals surface area contributed by atoms with Gasteiger partial charge >= 0.3 is 5.97 Å². The van der Waals surface area contributed by atoms with Gasteiger partial charge in [0.1, 0.15) is 24.9 Å². The number of nitrogens with two attached hydrogens (primary N) is 1. The first-order valence-electron chi connectivity index (χ1n) is 16.0. The van der Waals surface area contributed by atoms with Gasteiger partial charge in [0, 0.05) is 36.7 Å². The van der Waals surface area contributed by atoms with Crippen LogP contribution in [0, 0.1) is 23.7 Å². The van der Waals surface area contributed by atoms with Gasteiger partial charge in [-0.2, -0.15) is 0 Å². The standard InChI is InChI=1S/C33H46FN3O6/c1-20(41-2)19-42-33(40)29-17-24-16-25(12-13-28(24)43-29)36-31(38)30-26(21-6-4-3-5-7-21)14-15-37(30)32(39)23-10-8-22(9-11-23)27(35)18-34/h12-13,16-17,20-23,26-27,30H,3-11,14-15,18-19,35H2,1-2H3,(H,36,38)/t20-,22-,23-,26-,27+,30-/m0/s1. The number of ether oxygens (including phenoxy) is 2. The van der Waals surface area contributed by atoms with Crippen LogP contribution in [0.1, 0.15) is 81.7 Å². The maximum Gasteiger partial charge on any atom is 0.374 e. The minimum atomic E-state index is -0.582. The van der Waals surface area contributed by atoms with Gasteiger partial charge in [-0.1, -0.05) is 32.1 Å². The number of anilines is 1. The Labute approximate surface area is 253 Å². The Hall–Kier alpha value is -2.98. The fourth-order valence-corrected chi connectivity index (χ4v) is 7.38. The zero-order valence-corrected chi connectivity index (χ0v) is 25.4. The minimum absolute atomic E-state index is 0.0435. The van der Waals surface area contributed by atoms with Crippen LogP contribution in [0.25, 0.3) is 11.0 Å². The number of rotatable bonds is 10. The number of hydrogen-bond acceptors (Lipinski definition) is 7. The highest BCUT2D eigenvalue weighted by Crippen LogP contribution is 2.41. The Morgan fingerprint density at radius 2 is 1.81 bits per heavy atom. The number of hydrogen-bond donors (Lipinski definition) is 2. The van der Waals surface area contributed by atoms with E-state index in [1.54, 1.807) is 38.3 Å². The van der Waals surface area contributed by atoms with Crippen molar-refractivity contribution in [3.05, 3.63) is 30.0 Å². The van der Waals surface area contributed by atoms with Crippen molar-refractivity contribution in [2.45, 2.75) is 89.3 Å². The van der Waals surface area contributed by atoms with Gasteiger partial charge in [0.25, 0.3) is 0 Å². The normalized spacial score (nSPS) is 26.3. The van der Waals surface area contributed by atoms with Gasteiger partial charge in [-0.05, 0) is 81.0 Å². The van der Waals surface area contributed by atoms with Gasteiger partial charge in [0.15, 0.2) is 0 Å². The third-order valence-corrected chi connectivity index (χ3v) is 9.99. The SMILES string of the molecule is CO[C@@H](C)COC(=O)c1cc2cc(NC(=O)[C@@H]3[C@H](C4CCCCC4)CCN3C(=O)[C@H]3CC[C@H]([C@H](N)CF)CC3)ccc2o1.